The molecule has 1 aromatic heterocycles. The van der Waals surface area contributed by atoms with Gasteiger partial charge in [-0.1, -0.05) is 18.2 Å². The second-order valence-electron chi connectivity index (χ2n) is 5.46. The van der Waals surface area contributed by atoms with Crippen molar-refractivity contribution in [3.05, 3.63) is 74.3 Å². The average Bonchev–Trinajstić information content (AvgIpc) is 2.56. The SMILES string of the molecule is CN(Cc1ccccc1F)C(=O)/C=C/c1cn(C)c(=O)n(C)c1=O. The summed E-state index contributed by atoms with van der Waals surface area (Å²) in [5.74, 6) is -0.762. The molecule has 7 heteroatoms. The summed E-state index contributed by atoms with van der Waals surface area (Å²) >= 11 is 0. The molecule has 0 N–H and O–H groups in total. The van der Waals surface area contributed by atoms with Crippen LogP contribution in [-0.2, 0) is 25.4 Å². The minimum atomic E-state index is -0.487. The first-order chi connectivity index (χ1) is 11.3. The predicted molar refractivity (Wildman–Crippen MR) is 88.8 cm³/mol. The molecule has 0 saturated heterocycles. The first kappa shape index (κ1) is 17.4. The second-order valence-corrected chi connectivity index (χ2v) is 5.46. The van der Waals surface area contributed by atoms with Gasteiger partial charge in [0.15, 0.2) is 0 Å². The van der Waals surface area contributed by atoms with Crippen molar-refractivity contribution < 1.29 is 9.18 Å². The molecule has 1 heterocycles. The number of carbonyl (C=O) groups is 1. The van der Waals surface area contributed by atoms with Crippen LogP contribution >= 0.6 is 0 Å². The summed E-state index contributed by atoms with van der Waals surface area (Å²) in [5.41, 5.74) is -0.314. The maximum absolute atomic E-state index is 13.6. The molecule has 0 unspecified atom stereocenters. The van der Waals surface area contributed by atoms with Crippen LogP contribution in [0.2, 0.25) is 0 Å². The lowest BCUT2D eigenvalue weighted by Crippen LogP contribution is -2.37. The van der Waals surface area contributed by atoms with Gasteiger partial charge in [0, 0.05) is 45.5 Å². The van der Waals surface area contributed by atoms with Gasteiger partial charge in [-0.2, -0.15) is 0 Å². The molecule has 0 aliphatic carbocycles. The fourth-order valence-corrected chi connectivity index (χ4v) is 2.20. The van der Waals surface area contributed by atoms with Crippen molar-refractivity contribution >= 4 is 12.0 Å². The van der Waals surface area contributed by atoms with Crippen LogP contribution in [0.15, 0.2) is 46.1 Å². The Kier molecular flexibility index (Phi) is 5.13. The first-order valence-electron chi connectivity index (χ1n) is 7.24. The van der Waals surface area contributed by atoms with Gasteiger partial charge in [-0.05, 0) is 12.1 Å². The van der Waals surface area contributed by atoms with Gasteiger partial charge in [-0.25, -0.2) is 9.18 Å². The van der Waals surface area contributed by atoms with Crippen LogP contribution in [0.4, 0.5) is 4.39 Å². The number of carbonyl (C=O) groups excluding carboxylic acids is 1. The van der Waals surface area contributed by atoms with E-state index in [0.29, 0.717) is 5.56 Å². The Hall–Kier alpha value is -2.96. The molecule has 24 heavy (non-hydrogen) atoms. The van der Waals surface area contributed by atoms with E-state index in [1.807, 2.05) is 0 Å². The Morgan fingerprint density at radius 1 is 1.25 bits per heavy atom. The second kappa shape index (κ2) is 7.08. The number of likely N-dealkylation sites (N-methyl/N-ethyl adjacent to an activating group) is 1. The highest BCUT2D eigenvalue weighted by Crippen LogP contribution is 2.09. The minimum absolute atomic E-state index is 0.112. The van der Waals surface area contributed by atoms with Gasteiger partial charge in [0.25, 0.3) is 5.56 Å². The lowest BCUT2D eigenvalue weighted by atomic mass is 10.2. The van der Waals surface area contributed by atoms with Crippen molar-refractivity contribution in [2.45, 2.75) is 6.54 Å². The fourth-order valence-electron chi connectivity index (χ4n) is 2.20. The van der Waals surface area contributed by atoms with Crippen LogP contribution in [0, 0.1) is 5.82 Å². The monoisotopic (exact) mass is 331 g/mol. The highest BCUT2D eigenvalue weighted by Gasteiger charge is 2.10. The number of aromatic nitrogens is 2. The number of halogens is 1. The van der Waals surface area contributed by atoms with Crippen molar-refractivity contribution in [2.75, 3.05) is 7.05 Å². The van der Waals surface area contributed by atoms with E-state index in [1.54, 1.807) is 18.2 Å². The molecule has 0 bridgehead atoms. The molecule has 6 nitrogen and oxygen atoms in total. The molecule has 2 aromatic rings. The molecule has 1 aromatic carbocycles. The van der Waals surface area contributed by atoms with E-state index >= 15 is 0 Å². The van der Waals surface area contributed by atoms with Gasteiger partial charge in [0.1, 0.15) is 5.82 Å². The zero-order valence-corrected chi connectivity index (χ0v) is 13.7. The molecule has 2 rings (SSSR count). The van der Waals surface area contributed by atoms with Crippen LogP contribution in [0.1, 0.15) is 11.1 Å². The number of benzene rings is 1. The molecule has 0 fully saturated rings. The number of aryl methyl sites for hydroxylation is 1. The smallest absolute Gasteiger partial charge is 0.330 e. The Morgan fingerprint density at radius 3 is 2.58 bits per heavy atom. The van der Waals surface area contributed by atoms with Gasteiger partial charge in [-0.15, -0.1) is 0 Å². The molecular formula is C17H18FN3O3. The molecule has 0 radical (unpaired) electrons. The molecule has 0 atom stereocenters. The van der Waals surface area contributed by atoms with Gasteiger partial charge in [0.2, 0.25) is 5.91 Å². The van der Waals surface area contributed by atoms with Crippen molar-refractivity contribution in [3.8, 4) is 0 Å². The molecule has 0 aliphatic heterocycles. The van der Waals surface area contributed by atoms with Crippen LogP contribution in [0.25, 0.3) is 6.08 Å². The van der Waals surface area contributed by atoms with Crippen molar-refractivity contribution in [1.82, 2.24) is 14.0 Å². The fraction of sp³-hybridized carbons (Fsp3) is 0.235. The Balaban J connectivity index is 2.18. The Labute approximate surface area is 138 Å². The van der Waals surface area contributed by atoms with E-state index in [2.05, 4.69) is 0 Å². The van der Waals surface area contributed by atoms with Crippen LogP contribution in [0.3, 0.4) is 0 Å². The summed E-state index contributed by atoms with van der Waals surface area (Å²) in [6.45, 7) is 0.112. The van der Waals surface area contributed by atoms with Crippen LogP contribution < -0.4 is 11.2 Å². The van der Waals surface area contributed by atoms with E-state index in [0.717, 1.165) is 4.57 Å². The van der Waals surface area contributed by atoms with Gasteiger partial charge in [0.05, 0.1) is 5.56 Å². The predicted octanol–water partition coefficient (Wildman–Crippen LogP) is 0.895. The quantitative estimate of drug-likeness (QED) is 0.782. The normalized spacial score (nSPS) is 11.0. The lowest BCUT2D eigenvalue weighted by Gasteiger charge is -2.15. The number of hydrogen-bond acceptors (Lipinski definition) is 3. The molecule has 126 valence electrons. The third kappa shape index (κ3) is 3.68. The lowest BCUT2D eigenvalue weighted by molar-refractivity contribution is -0.125. The average molecular weight is 331 g/mol. The summed E-state index contributed by atoms with van der Waals surface area (Å²) < 4.78 is 15.8. The van der Waals surface area contributed by atoms with E-state index in [4.69, 9.17) is 0 Å². The third-order valence-electron chi connectivity index (χ3n) is 3.62. The summed E-state index contributed by atoms with van der Waals surface area (Å²) in [4.78, 5) is 37.1. The molecule has 0 spiro atoms. The number of nitrogens with zero attached hydrogens (tertiary/aromatic N) is 3. The van der Waals surface area contributed by atoms with Gasteiger partial charge in [-0.3, -0.25) is 14.2 Å². The summed E-state index contributed by atoms with van der Waals surface area (Å²) in [7, 11) is 4.43. The zero-order chi connectivity index (χ0) is 17.9. The van der Waals surface area contributed by atoms with E-state index in [9.17, 15) is 18.8 Å². The molecular weight excluding hydrogens is 313 g/mol. The standard InChI is InChI=1S/C17H18FN3O3/c1-19(10-12-6-4-5-7-14(12)18)15(22)9-8-13-11-20(2)17(24)21(3)16(13)23/h4-9,11H,10H2,1-3H3/b9-8+. The van der Waals surface area contributed by atoms with Gasteiger partial charge >= 0.3 is 5.69 Å². The van der Waals surface area contributed by atoms with Crippen LogP contribution in [0.5, 0.6) is 0 Å². The summed E-state index contributed by atoms with van der Waals surface area (Å²) in [6, 6.07) is 6.21. The highest BCUT2D eigenvalue weighted by molar-refractivity contribution is 5.91. The maximum atomic E-state index is 13.6. The number of hydrogen-bond donors (Lipinski definition) is 0. The Bertz CT molecular complexity index is 912. The zero-order valence-electron chi connectivity index (χ0n) is 13.7. The van der Waals surface area contributed by atoms with E-state index in [-0.39, 0.29) is 23.8 Å². The summed E-state index contributed by atoms with van der Waals surface area (Å²) in [5, 5.41) is 0. The van der Waals surface area contributed by atoms with Crippen molar-refractivity contribution in [1.29, 1.82) is 0 Å². The summed E-state index contributed by atoms with van der Waals surface area (Å²) in [6.07, 6.45) is 3.94. The van der Waals surface area contributed by atoms with Gasteiger partial charge < -0.3 is 9.47 Å². The highest BCUT2D eigenvalue weighted by atomic mass is 19.1. The molecule has 1 amide bonds. The largest absolute Gasteiger partial charge is 0.338 e. The number of amides is 1. The minimum Gasteiger partial charge on any atom is -0.338 e. The van der Waals surface area contributed by atoms with E-state index in [1.165, 1.54) is 55.0 Å². The maximum Gasteiger partial charge on any atom is 0.330 e. The molecule has 0 saturated carbocycles. The molecule has 0 aliphatic rings. The topological polar surface area (TPSA) is 64.3 Å². The van der Waals surface area contributed by atoms with Crippen molar-refractivity contribution in [2.24, 2.45) is 14.1 Å². The Morgan fingerprint density at radius 2 is 1.92 bits per heavy atom. The third-order valence-corrected chi connectivity index (χ3v) is 3.62. The first-order valence-corrected chi connectivity index (χ1v) is 7.24. The van der Waals surface area contributed by atoms with E-state index < -0.39 is 11.2 Å². The van der Waals surface area contributed by atoms with Crippen LogP contribution in [-0.4, -0.2) is 27.0 Å². The number of rotatable bonds is 4. The van der Waals surface area contributed by atoms with Crippen molar-refractivity contribution in [3.63, 3.8) is 0 Å².